The molecule has 0 radical (unpaired) electrons. The molecule has 112 valence electrons. The highest BCUT2D eigenvalue weighted by Crippen LogP contribution is 2.30. The SMILES string of the molecule is O=C1CCC(CNc2nccn3nc(C(F)(F)F)cc23)N1. The molecular formula is C12H12F3N5O. The third-order valence-corrected chi connectivity index (χ3v) is 3.28. The van der Waals surface area contributed by atoms with Gasteiger partial charge in [0.1, 0.15) is 5.52 Å². The summed E-state index contributed by atoms with van der Waals surface area (Å²) < 4.78 is 39.1. The molecule has 0 spiro atoms. The molecule has 2 aromatic rings. The lowest BCUT2D eigenvalue weighted by Crippen LogP contribution is -2.32. The molecule has 3 heterocycles. The van der Waals surface area contributed by atoms with E-state index in [1.165, 1.54) is 12.4 Å². The van der Waals surface area contributed by atoms with E-state index < -0.39 is 11.9 Å². The van der Waals surface area contributed by atoms with Gasteiger partial charge in [-0.15, -0.1) is 0 Å². The standard InChI is InChI=1S/C12H12F3N5O/c13-12(14,15)9-5-8-11(16-3-4-20(8)19-9)17-6-7-1-2-10(21)18-7/h3-5,7H,1-2,6H2,(H,16,17)(H,18,21). The molecule has 0 bridgehead atoms. The molecule has 1 unspecified atom stereocenters. The van der Waals surface area contributed by atoms with Crippen molar-refractivity contribution in [1.82, 2.24) is 19.9 Å². The molecular weight excluding hydrogens is 287 g/mol. The molecule has 1 saturated heterocycles. The number of fused-ring (bicyclic) bond motifs is 1. The van der Waals surface area contributed by atoms with Crippen molar-refractivity contribution in [1.29, 1.82) is 0 Å². The summed E-state index contributed by atoms with van der Waals surface area (Å²) in [5.41, 5.74) is -0.720. The zero-order chi connectivity index (χ0) is 15.0. The molecule has 1 aliphatic rings. The summed E-state index contributed by atoms with van der Waals surface area (Å²) in [7, 11) is 0. The van der Waals surface area contributed by atoms with E-state index in [0.717, 1.165) is 10.6 Å². The van der Waals surface area contributed by atoms with Crippen LogP contribution in [0.25, 0.3) is 5.52 Å². The molecule has 0 aromatic carbocycles. The minimum Gasteiger partial charge on any atom is -0.366 e. The molecule has 2 aromatic heterocycles. The Morgan fingerprint density at radius 1 is 1.48 bits per heavy atom. The summed E-state index contributed by atoms with van der Waals surface area (Å²) in [6.45, 7) is 0.408. The van der Waals surface area contributed by atoms with Crippen LogP contribution in [0, 0.1) is 0 Å². The van der Waals surface area contributed by atoms with Crippen LogP contribution in [0.5, 0.6) is 0 Å². The molecule has 0 saturated carbocycles. The predicted octanol–water partition coefficient (Wildman–Crippen LogP) is 1.44. The number of carbonyl (C=O) groups excluding carboxylic acids is 1. The van der Waals surface area contributed by atoms with Gasteiger partial charge in [-0.05, 0) is 6.42 Å². The number of hydrogen-bond acceptors (Lipinski definition) is 4. The van der Waals surface area contributed by atoms with E-state index in [9.17, 15) is 18.0 Å². The van der Waals surface area contributed by atoms with Crippen molar-refractivity contribution in [3.05, 3.63) is 24.2 Å². The number of halogens is 3. The number of nitrogens with zero attached hydrogens (tertiary/aromatic N) is 3. The highest BCUT2D eigenvalue weighted by Gasteiger charge is 2.34. The van der Waals surface area contributed by atoms with Gasteiger partial charge in [0.05, 0.1) is 0 Å². The fourth-order valence-corrected chi connectivity index (χ4v) is 2.25. The highest BCUT2D eigenvalue weighted by molar-refractivity contribution is 5.78. The summed E-state index contributed by atoms with van der Waals surface area (Å²) in [6.07, 6.45) is -0.609. The van der Waals surface area contributed by atoms with Crippen molar-refractivity contribution in [2.24, 2.45) is 0 Å². The Balaban J connectivity index is 1.81. The number of carbonyl (C=O) groups is 1. The van der Waals surface area contributed by atoms with Gasteiger partial charge in [0, 0.05) is 37.5 Å². The number of alkyl halides is 3. The van der Waals surface area contributed by atoms with E-state index in [1.54, 1.807) is 0 Å². The zero-order valence-corrected chi connectivity index (χ0v) is 10.8. The summed E-state index contributed by atoms with van der Waals surface area (Å²) in [4.78, 5) is 15.1. The Morgan fingerprint density at radius 3 is 2.95 bits per heavy atom. The fraction of sp³-hybridized carbons (Fsp3) is 0.417. The number of nitrogens with one attached hydrogen (secondary N) is 2. The Morgan fingerprint density at radius 2 is 2.29 bits per heavy atom. The maximum Gasteiger partial charge on any atom is 0.435 e. The van der Waals surface area contributed by atoms with Crippen molar-refractivity contribution in [3.8, 4) is 0 Å². The van der Waals surface area contributed by atoms with E-state index in [4.69, 9.17) is 0 Å². The van der Waals surface area contributed by atoms with E-state index >= 15 is 0 Å². The monoisotopic (exact) mass is 299 g/mol. The average molecular weight is 299 g/mol. The summed E-state index contributed by atoms with van der Waals surface area (Å²) in [6, 6.07) is 0.910. The number of amides is 1. The smallest absolute Gasteiger partial charge is 0.366 e. The number of hydrogen-bond donors (Lipinski definition) is 2. The largest absolute Gasteiger partial charge is 0.435 e. The van der Waals surface area contributed by atoms with Crippen LogP contribution >= 0.6 is 0 Å². The van der Waals surface area contributed by atoms with Crippen molar-refractivity contribution < 1.29 is 18.0 Å². The van der Waals surface area contributed by atoms with Crippen molar-refractivity contribution >= 4 is 17.2 Å². The van der Waals surface area contributed by atoms with E-state index in [-0.39, 0.29) is 17.5 Å². The van der Waals surface area contributed by atoms with E-state index in [2.05, 4.69) is 20.7 Å². The normalized spacial score (nSPS) is 19.0. The first kappa shape index (κ1) is 13.7. The zero-order valence-electron chi connectivity index (χ0n) is 10.8. The molecule has 6 nitrogen and oxygen atoms in total. The maximum absolute atomic E-state index is 12.7. The van der Waals surface area contributed by atoms with Gasteiger partial charge in [-0.1, -0.05) is 0 Å². The van der Waals surface area contributed by atoms with Crippen LogP contribution in [0.15, 0.2) is 18.5 Å². The second kappa shape index (κ2) is 4.90. The molecule has 1 aliphatic heterocycles. The van der Waals surface area contributed by atoms with Crippen molar-refractivity contribution in [2.45, 2.75) is 25.1 Å². The predicted molar refractivity (Wildman–Crippen MR) is 67.6 cm³/mol. The van der Waals surface area contributed by atoms with Crippen molar-refractivity contribution in [3.63, 3.8) is 0 Å². The van der Waals surface area contributed by atoms with Gasteiger partial charge >= 0.3 is 6.18 Å². The van der Waals surface area contributed by atoms with Crippen LogP contribution in [-0.4, -0.2) is 33.1 Å². The van der Waals surface area contributed by atoms with Crippen LogP contribution in [0.4, 0.5) is 19.0 Å². The quantitative estimate of drug-likeness (QED) is 0.899. The first-order valence-electron chi connectivity index (χ1n) is 6.38. The minimum atomic E-state index is -4.50. The Kier molecular flexibility index (Phi) is 3.19. The minimum absolute atomic E-state index is 0.0170. The van der Waals surface area contributed by atoms with E-state index in [0.29, 0.717) is 25.2 Å². The highest BCUT2D eigenvalue weighted by atomic mass is 19.4. The lowest BCUT2D eigenvalue weighted by atomic mass is 10.2. The second-order valence-electron chi connectivity index (χ2n) is 4.82. The van der Waals surface area contributed by atoms with Crippen LogP contribution in [0.1, 0.15) is 18.5 Å². The van der Waals surface area contributed by atoms with Gasteiger partial charge in [0.2, 0.25) is 5.91 Å². The third-order valence-electron chi connectivity index (χ3n) is 3.28. The summed E-state index contributed by atoms with van der Waals surface area (Å²) in [5, 5.41) is 9.21. The van der Waals surface area contributed by atoms with E-state index in [1.807, 2.05) is 0 Å². The molecule has 0 aliphatic carbocycles. The van der Waals surface area contributed by atoms with Gasteiger partial charge in [-0.25, -0.2) is 9.50 Å². The summed E-state index contributed by atoms with van der Waals surface area (Å²) in [5.74, 6) is 0.290. The van der Waals surface area contributed by atoms with Gasteiger partial charge in [-0.3, -0.25) is 4.79 Å². The molecule has 1 atom stereocenters. The van der Waals surface area contributed by atoms with Crippen LogP contribution in [-0.2, 0) is 11.0 Å². The van der Waals surface area contributed by atoms with Crippen molar-refractivity contribution in [2.75, 3.05) is 11.9 Å². The Labute approximate surface area is 117 Å². The number of anilines is 1. The van der Waals surface area contributed by atoms with Gasteiger partial charge in [0.25, 0.3) is 0 Å². The van der Waals surface area contributed by atoms with Gasteiger partial charge < -0.3 is 10.6 Å². The molecule has 21 heavy (non-hydrogen) atoms. The van der Waals surface area contributed by atoms with Gasteiger partial charge in [0.15, 0.2) is 11.5 Å². The van der Waals surface area contributed by atoms with Gasteiger partial charge in [-0.2, -0.15) is 18.3 Å². The molecule has 9 heteroatoms. The average Bonchev–Trinajstić information content (AvgIpc) is 3.01. The lowest BCUT2D eigenvalue weighted by Gasteiger charge is -2.12. The first-order valence-corrected chi connectivity index (χ1v) is 6.38. The first-order chi connectivity index (χ1) is 9.93. The molecule has 3 rings (SSSR count). The second-order valence-corrected chi connectivity index (χ2v) is 4.82. The van der Waals surface area contributed by atoms with Crippen LogP contribution in [0.2, 0.25) is 0 Å². The molecule has 1 amide bonds. The maximum atomic E-state index is 12.7. The number of rotatable bonds is 3. The topological polar surface area (TPSA) is 71.3 Å². The summed E-state index contributed by atoms with van der Waals surface area (Å²) >= 11 is 0. The molecule has 1 fully saturated rings. The lowest BCUT2D eigenvalue weighted by molar-refractivity contribution is -0.141. The fourth-order valence-electron chi connectivity index (χ4n) is 2.25. The van der Waals surface area contributed by atoms with Crippen LogP contribution < -0.4 is 10.6 Å². The molecule has 2 N–H and O–H groups in total. The Bertz CT molecular complexity index is 681. The third kappa shape index (κ3) is 2.76. The number of aromatic nitrogens is 3. The Hall–Kier alpha value is -2.32. The van der Waals surface area contributed by atoms with Crippen LogP contribution in [0.3, 0.4) is 0 Å².